The molecule has 3 N–H and O–H groups in total. The van der Waals surface area contributed by atoms with E-state index in [4.69, 9.17) is 0 Å². The number of carbonyl (C=O) groups is 2. The van der Waals surface area contributed by atoms with Gasteiger partial charge in [0.2, 0.25) is 15.9 Å². The Balaban J connectivity index is 1.32. The molecule has 3 aromatic rings. The predicted octanol–water partition coefficient (Wildman–Crippen LogP) is 3.42. The quantitative estimate of drug-likeness (QED) is 0.462. The Morgan fingerprint density at radius 2 is 1.62 bits per heavy atom. The number of sulfonamides is 1. The van der Waals surface area contributed by atoms with Crippen molar-refractivity contribution in [3.05, 3.63) is 71.8 Å². The van der Waals surface area contributed by atoms with E-state index >= 15 is 0 Å². The van der Waals surface area contributed by atoms with Crippen molar-refractivity contribution in [3.8, 4) is 0 Å². The molecular weight excluding hydrogens is 488 g/mol. The van der Waals surface area contributed by atoms with E-state index in [1.165, 1.54) is 0 Å². The predicted molar refractivity (Wildman–Crippen MR) is 144 cm³/mol. The molecule has 0 bridgehead atoms. The molecule has 2 aliphatic rings. The van der Waals surface area contributed by atoms with Crippen LogP contribution in [0.3, 0.4) is 0 Å². The van der Waals surface area contributed by atoms with Crippen LogP contribution in [0.25, 0.3) is 10.8 Å². The third kappa shape index (κ3) is 5.39. The van der Waals surface area contributed by atoms with E-state index in [9.17, 15) is 18.0 Å². The normalized spacial score (nSPS) is 18.7. The van der Waals surface area contributed by atoms with Crippen LogP contribution < -0.4 is 15.4 Å². The van der Waals surface area contributed by atoms with Crippen LogP contribution in [0, 0.1) is 6.92 Å². The zero-order valence-corrected chi connectivity index (χ0v) is 21.7. The first-order chi connectivity index (χ1) is 17.8. The number of anilines is 1. The summed E-state index contributed by atoms with van der Waals surface area (Å²) in [6.07, 6.45) is 3.01. The second kappa shape index (κ2) is 10.6. The van der Waals surface area contributed by atoms with Gasteiger partial charge in [0.1, 0.15) is 0 Å². The molecule has 0 aliphatic carbocycles. The molecule has 5 rings (SSSR count). The number of aryl methyl sites for hydroxylation is 1. The van der Waals surface area contributed by atoms with Crippen molar-refractivity contribution in [2.24, 2.45) is 0 Å². The molecular formula is C28H32N4O4S. The fraction of sp³-hybridized carbons (Fsp3) is 0.357. The Labute approximate surface area is 217 Å². The minimum absolute atomic E-state index is 0.107. The highest BCUT2D eigenvalue weighted by molar-refractivity contribution is 7.89. The first-order valence-electron chi connectivity index (χ1n) is 12.8. The van der Waals surface area contributed by atoms with Gasteiger partial charge in [-0.05, 0) is 62.9 Å². The van der Waals surface area contributed by atoms with E-state index in [1.807, 2.05) is 42.2 Å². The van der Waals surface area contributed by atoms with E-state index in [0.717, 1.165) is 24.9 Å². The van der Waals surface area contributed by atoms with Gasteiger partial charge in [0, 0.05) is 41.2 Å². The molecule has 0 radical (unpaired) electrons. The van der Waals surface area contributed by atoms with E-state index in [2.05, 4.69) is 15.4 Å². The van der Waals surface area contributed by atoms with Gasteiger partial charge in [0.25, 0.3) is 5.91 Å². The minimum Gasteiger partial charge on any atom is -0.341 e. The second-order valence-corrected chi connectivity index (χ2v) is 11.5. The first-order valence-corrected chi connectivity index (χ1v) is 14.2. The lowest BCUT2D eigenvalue weighted by atomic mass is 10.0. The molecule has 37 heavy (non-hydrogen) atoms. The first kappa shape index (κ1) is 25.4. The summed E-state index contributed by atoms with van der Waals surface area (Å²) in [7, 11) is -3.82. The maximum absolute atomic E-state index is 13.4. The molecule has 2 saturated heterocycles. The monoisotopic (exact) mass is 520 g/mol. The lowest BCUT2D eigenvalue weighted by Crippen LogP contribution is -2.50. The van der Waals surface area contributed by atoms with Gasteiger partial charge in [-0.3, -0.25) is 9.59 Å². The van der Waals surface area contributed by atoms with Crippen LogP contribution in [0.5, 0.6) is 0 Å². The number of hydrogen-bond donors (Lipinski definition) is 3. The highest BCUT2D eigenvalue weighted by Crippen LogP contribution is 2.30. The molecule has 0 saturated carbocycles. The molecule has 1 atom stereocenters. The van der Waals surface area contributed by atoms with Gasteiger partial charge in [-0.2, -0.15) is 0 Å². The van der Waals surface area contributed by atoms with Gasteiger partial charge < -0.3 is 15.5 Å². The van der Waals surface area contributed by atoms with Gasteiger partial charge >= 0.3 is 0 Å². The summed E-state index contributed by atoms with van der Waals surface area (Å²) in [5.41, 5.74) is 1.98. The van der Waals surface area contributed by atoms with Crippen LogP contribution in [0.4, 0.5) is 5.69 Å². The number of likely N-dealkylation sites (tertiary alicyclic amines) is 1. The van der Waals surface area contributed by atoms with Crippen molar-refractivity contribution < 1.29 is 18.0 Å². The molecule has 0 aromatic heterocycles. The van der Waals surface area contributed by atoms with E-state index in [-0.39, 0.29) is 28.8 Å². The zero-order valence-electron chi connectivity index (χ0n) is 20.9. The number of fused-ring (bicyclic) bond motifs is 1. The molecule has 2 heterocycles. The summed E-state index contributed by atoms with van der Waals surface area (Å²) in [5, 5.41) is 7.37. The van der Waals surface area contributed by atoms with Crippen LogP contribution in [0.1, 0.15) is 41.6 Å². The standard InChI is InChI=1S/C28H32N4O4S/c1-19-7-2-3-8-21(19)27(33)30-24-12-13-26(23-10-5-4-9-22(23)24)37(35,36)31-20-14-17-32(18-15-20)28(34)25-11-6-16-29-25/h2-5,7-10,12-13,20,25,29,31H,6,11,14-18H2,1H3,(H,30,33)/t25-/m0/s1. The number of amides is 2. The number of benzene rings is 3. The Kier molecular flexibility index (Phi) is 7.28. The Morgan fingerprint density at radius 3 is 2.32 bits per heavy atom. The Hall–Kier alpha value is -3.27. The Morgan fingerprint density at radius 1 is 0.919 bits per heavy atom. The second-order valence-electron chi connectivity index (χ2n) is 9.80. The zero-order chi connectivity index (χ0) is 26.0. The van der Waals surface area contributed by atoms with Crippen molar-refractivity contribution in [1.82, 2.24) is 14.9 Å². The smallest absolute Gasteiger partial charge is 0.255 e. The maximum atomic E-state index is 13.4. The van der Waals surface area contributed by atoms with Crippen molar-refractivity contribution in [1.29, 1.82) is 0 Å². The van der Waals surface area contributed by atoms with Crippen LogP contribution in [-0.4, -0.2) is 56.9 Å². The summed E-state index contributed by atoms with van der Waals surface area (Å²) >= 11 is 0. The molecule has 0 spiro atoms. The average Bonchev–Trinajstić information content (AvgIpc) is 3.44. The van der Waals surface area contributed by atoms with E-state index in [0.29, 0.717) is 48.0 Å². The number of hydrogen-bond acceptors (Lipinski definition) is 5. The van der Waals surface area contributed by atoms with Gasteiger partial charge in [-0.15, -0.1) is 0 Å². The molecule has 3 aromatic carbocycles. The highest BCUT2D eigenvalue weighted by Gasteiger charge is 2.31. The SMILES string of the molecule is Cc1ccccc1C(=O)Nc1ccc(S(=O)(=O)NC2CCN(C(=O)[C@@H]3CCCN3)CC2)c2ccccc12. The van der Waals surface area contributed by atoms with Crippen LogP contribution >= 0.6 is 0 Å². The summed E-state index contributed by atoms with van der Waals surface area (Å²) in [6.45, 7) is 3.82. The topological polar surface area (TPSA) is 108 Å². The maximum Gasteiger partial charge on any atom is 0.255 e. The third-order valence-corrected chi connectivity index (χ3v) is 8.88. The molecule has 2 aliphatic heterocycles. The number of carbonyl (C=O) groups excluding carboxylic acids is 2. The van der Waals surface area contributed by atoms with Crippen molar-refractivity contribution in [2.45, 2.75) is 49.6 Å². The summed E-state index contributed by atoms with van der Waals surface area (Å²) in [6, 6.07) is 17.3. The third-order valence-electron chi connectivity index (χ3n) is 7.30. The molecule has 0 unspecified atom stereocenters. The lowest BCUT2D eigenvalue weighted by molar-refractivity contribution is -0.134. The van der Waals surface area contributed by atoms with Crippen molar-refractivity contribution in [3.63, 3.8) is 0 Å². The van der Waals surface area contributed by atoms with Crippen LogP contribution in [0.2, 0.25) is 0 Å². The average molecular weight is 521 g/mol. The summed E-state index contributed by atoms with van der Waals surface area (Å²) < 4.78 is 29.8. The molecule has 194 valence electrons. The van der Waals surface area contributed by atoms with Crippen LogP contribution in [0.15, 0.2) is 65.6 Å². The summed E-state index contributed by atoms with van der Waals surface area (Å²) in [4.78, 5) is 27.6. The molecule has 2 fully saturated rings. The van der Waals surface area contributed by atoms with Crippen molar-refractivity contribution in [2.75, 3.05) is 25.0 Å². The molecule has 2 amide bonds. The van der Waals surface area contributed by atoms with Gasteiger partial charge in [0.15, 0.2) is 0 Å². The summed E-state index contributed by atoms with van der Waals surface area (Å²) in [5.74, 6) is -0.126. The number of piperidine rings is 1. The van der Waals surface area contributed by atoms with Gasteiger partial charge in [0.05, 0.1) is 10.9 Å². The number of rotatable bonds is 6. The fourth-order valence-corrected chi connectivity index (χ4v) is 6.76. The molecule has 8 nitrogen and oxygen atoms in total. The van der Waals surface area contributed by atoms with Crippen LogP contribution in [-0.2, 0) is 14.8 Å². The van der Waals surface area contributed by atoms with Crippen molar-refractivity contribution >= 4 is 38.3 Å². The highest BCUT2D eigenvalue weighted by atomic mass is 32.2. The van der Waals surface area contributed by atoms with E-state index in [1.54, 1.807) is 30.3 Å². The molecule has 9 heteroatoms. The van der Waals surface area contributed by atoms with Gasteiger partial charge in [-0.25, -0.2) is 13.1 Å². The Bertz CT molecular complexity index is 1430. The van der Waals surface area contributed by atoms with Gasteiger partial charge in [-0.1, -0.05) is 42.5 Å². The number of nitrogens with one attached hydrogen (secondary N) is 3. The fourth-order valence-electron chi connectivity index (χ4n) is 5.25. The number of nitrogens with zero attached hydrogens (tertiary/aromatic N) is 1. The van der Waals surface area contributed by atoms with E-state index < -0.39 is 10.0 Å². The largest absolute Gasteiger partial charge is 0.341 e. The lowest BCUT2D eigenvalue weighted by Gasteiger charge is -2.33. The minimum atomic E-state index is -3.82.